The highest BCUT2D eigenvalue weighted by Gasteiger charge is 2.28. The third-order valence-electron chi connectivity index (χ3n) is 4.35. The van der Waals surface area contributed by atoms with E-state index in [0.29, 0.717) is 6.04 Å². The third-order valence-corrected chi connectivity index (χ3v) is 6.40. The molecule has 2 aliphatic heterocycles. The van der Waals surface area contributed by atoms with E-state index in [1.807, 2.05) is 29.3 Å². The van der Waals surface area contributed by atoms with Crippen LogP contribution in [0.2, 0.25) is 0 Å². The van der Waals surface area contributed by atoms with E-state index in [1.165, 1.54) is 38.1 Å². The van der Waals surface area contributed by atoms with E-state index in [4.69, 9.17) is 0 Å². The summed E-state index contributed by atoms with van der Waals surface area (Å²) in [7, 11) is 0. The maximum Gasteiger partial charge on any atom is 0.264 e. The second kappa shape index (κ2) is 7.65. The second-order valence-electron chi connectivity index (χ2n) is 5.92. The molecule has 2 fully saturated rings. The summed E-state index contributed by atoms with van der Waals surface area (Å²) in [6.07, 6.45) is 5.13. The normalized spacial score (nSPS) is 24.8. The van der Waals surface area contributed by atoms with E-state index < -0.39 is 0 Å². The Morgan fingerprint density at radius 1 is 1.19 bits per heavy atom. The van der Waals surface area contributed by atoms with Gasteiger partial charge in [0.1, 0.15) is 0 Å². The molecule has 0 saturated carbocycles. The maximum atomic E-state index is 12.8. The minimum Gasteiger partial charge on any atom is -0.333 e. The Bertz CT molecular complexity index is 443. The lowest BCUT2D eigenvalue weighted by atomic mass is 10.1. The first kappa shape index (κ1) is 15.4. The molecule has 3 heterocycles. The Hall–Kier alpha value is -0.520. The maximum absolute atomic E-state index is 12.8. The van der Waals surface area contributed by atoms with Gasteiger partial charge < -0.3 is 9.80 Å². The van der Waals surface area contributed by atoms with Crippen molar-refractivity contribution in [1.29, 1.82) is 0 Å². The molecular weight excluding hydrogens is 300 g/mol. The summed E-state index contributed by atoms with van der Waals surface area (Å²) in [6, 6.07) is 4.32. The molecule has 0 radical (unpaired) electrons. The van der Waals surface area contributed by atoms with Crippen LogP contribution in [0.5, 0.6) is 0 Å². The molecule has 21 heavy (non-hydrogen) atoms. The lowest BCUT2D eigenvalue weighted by molar-refractivity contribution is 0.0650. The Morgan fingerprint density at radius 3 is 2.81 bits per heavy atom. The molecular formula is C16H24N2OS2. The van der Waals surface area contributed by atoms with E-state index in [9.17, 15) is 4.79 Å². The van der Waals surface area contributed by atoms with Gasteiger partial charge in [-0.15, -0.1) is 11.3 Å². The monoisotopic (exact) mass is 324 g/mol. The van der Waals surface area contributed by atoms with Crippen molar-refractivity contribution in [3.8, 4) is 0 Å². The highest BCUT2D eigenvalue weighted by atomic mass is 32.2. The Balaban J connectivity index is 1.69. The van der Waals surface area contributed by atoms with Gasteiger partial charge in [-0.05, 0) is 49.6 Å². The molecule has 1 aromatic rings. The molecule has 0 unspecified atom stereocenters. The van der Waals surface area contributed by atoms with E-state index in [1.54, 1.807) is 11.3 Å². The van der Waals surface area contributed by atoms with Crippen LogP contribution in [0.25, 0.3) is 0 Å². The molecule has 0 aromatic carbocycles. The van der Waals surface area contributed by atoms with Gasteiger partial charge in [-0.2, -0.15) is 11.8 Å². The van der Waals surface area contributed by atoms with Crippen LogP contribution < -0.4 is 0 Å². The molecule has 2 saturated heterocycles. The van der Waals surface area contributed by atoms with Crippen molar-refractivity contribution in [1.82, 2.24) is 9.80 Å². The van der Waals surface area contributed by atoms with E-state index in [0.717, 1.165) is 30.1 Å². The van der Waals surface area contributed by atoms with Crippen molar-refractivity contribution in [2.24, 2.45) is 0 Å². The number of hydrogen-bond donors (Lipinski definition) is 0. The average Bonchev–Trinajstić information content (AvgIpc) is 2.96. The summed E-state index contributed by atoms with van der Waals surface area (Å²) in [5.41, 5.74) is 0. The Kier molecular flexibility index (Phi) is 5.61. The van der Waals surface area contributed by atoms with E-state index >= 15 is 0 Å². The highest BCUT2D eigenvalue weighted by molar-refractivity contribution is 7.99. The van der Waals surface area contributed by atoms with Crippen LogP contribution in [-0.4, -0.2) is 59.4 Å². The number of hydrogen-bond acceptors (Lipinski definition) is 4. The topological polar surface area (TPSA) is 23.6 Å². The number of likely N-dealkylation sites (tertiary alicyclic amines) is 1. The molecule has 0 N–H and O–H groups in total. The fraction of sp³-hybridized carbons (Fsp3) is 0.688. The van der Waals surface area contributed by atoms with Crippen molar-refractivity contribution in [3.05, 3.63) is 22.4 Å². The van der Waals surface area contributed by atoms with Crippen molar-refractivity contribution in [2.75, 3.05) is 37.7 Å². The number of rotatable bonds is 3. The number of carbonyl (C=O) groups is 1. The quantitative estimate of drug-likeness (QED) is 0.853. The zero-order valence-corrected chi connectivity index (χ0v) is 14.1. The number of carbonyl (C=O) groups excluding carboxylic acids is 1. The lowest BCUT2D eigenvalue weighted by Crippen LogP contribution is -2.49. The van der Waals surface area contributed by atoms with Gasteiger partial charge in [0.15, 0.2) is 0 Å². The van der Waals surface area contributed by atoms with Crippen LogP contribution in [0.1, 0.15) is 35.4 Å². The smallest absolute Gasteiger partial charge is 0.264 e. The van der Waals surface area contributed by atoms with Crippen LogP contribution in [0, 0.1) is 0 Å². The minimum atomic E-state index is 0.245. The fourth-order valence-corrected chi connectivity index (χ4v) is 4.97. The fourth-order valence-electron chi connectivity index (χ4n) is 3.23. The zero-order valence-electron chi connectivity index (χ0n) is 12.5. The van der Waals surface area contributed by atoms with Crippen LogP contribution in [0.3, 0.4) is 0 Å². The van der Waals surface area contributed by atoms with Gasteiger partial charge in [0.2, 0.25) is 0 Å². The number of piperidine rings is 1. The van der Waals surface area contributed by atoms with Crippen LogP contribution in [0.4, 0.5) is 0 Å². The third kappa shape index (κ3) is 4.02. The molecule has 2 aliphatic rings. The van der Waals surface area contributed by atoms with E-state index in [2.05, 4.69) is 9.80 Å². The Morgan fingerprint density at radius 2 is 2.05 bits per heavy atom. The first-order valence-corrected chi connectivity index (χ1v) is 10.0. The van der Waals surface area contributed by atoms with Gasteiger partial charge in [-0.1, -0.05) is 12.5 Å². The summed E-state index contributed by atoms with van der Waals surface area (Å²) < 4.78 is 0. The molecule has 1 aromatic heterocycles. The first-order valence-electron chi connectivity index (χ1n) is 7.99. The molecule has 1 atom stereocenters. The standard InChI is InChI=1S/C16H24N2OS2/c19-16(15-6-4-11-21-15)18-9-5-10-20-13-14(18)12-17-7-2-1-3-8-17/h4,6,11,14H,1-3,5,7-10,12-13H2/t14-/m0/s1. The predicted octanol–water partition coefficient (Wildman–Crippen LogP) is 3.18. The molecule has 0 aliphatic carbocycles. The molecule has 1 amide bonds. The van der Waals surface area contributed by atoms with Gasteiger partial charge in [0.05, 0.1) is 10.9 Å². The SMILES string of the molecule is O=C(c1cccs1)N1CCCSC[C@@H]1CN1CCCCC1. The van der Waals surface area contributed by atoms with Gasteiger partial charge >= 0.3 is 0 Å². The van der Waals surface area contributed by atoms with E-state index in [-0.39, 0.29) is 5.91 Å². The molecule has 0 bridgehead atoms. The largest absolute Gasteiger partial charge is 0.333 e. The number of amides is 1. The summed E-state index contributed by atoms with van der Waals surface area (Å²) in [5.74, 6) is 2.52. The van der Waals surface area contributed by atoms with Crippen molar-refractivity contribution < 1.29 is 4.79 Å². The van der Waals surface area contributed by atoms with Gasteiger partial charge in [0.25, 0.3) is 5.91 Å². The Labute approximate surface area is 135 Å². The first-order chi connectivity index (χ1) is 10.3. The summed E-state index contributed by atoms with van der Waals surface area (Å²) in [4.78, 5) is 18.4. The molecule has 3 nitrogen and oxygen atoms in total. The zero-order chi connectivity index (χ0) is 14.5. The minimum absolute atomic E-state index is 0.245. The average molecular weight is 325 g/mol. The van der Waals surface area contributed by atoms with Gasteiger partial charge in [0, 0.05) is 18.8 Å². The van der Waals surface area contributed by atoms with Crippen LogP contribution in [0.15, 0.2) is 17.5 Å². The molecule has 0 spiro atoms. The van der Waals surface area contributed by atoms with Crippen molar-refractivity contribution >= 4 is 29.0 Å². The van der Waals surface area contributed by atoms with Gasteiger partial charge in [-0.25, -0.2) is 0 Å². The highest BCUT2D eigenvalue weighted by Crippen LogP contribution is 2.22. The van der Waals surface area contributed by atoms with Crippen molar-refractivity contribution in [2.45, 2.75) is 31.7 Å². The van der Waals surface area contributed by atoms with Crippen molar-refractivity contribution in [3.63, 3.8) is 0 Å². The second-order valence-corrected chi connectivity index (χ2v) is 8.02. The predicted molar refractivity (Wildman–Crippen MR) is 91.4 cm³/mol. The summed E-state index contributed by atoms with van der Waals surface area (Å²) in [6.45, 7) is 4.40. The summed E-state index contributed by atoms with van der Waals surface area (Å²) >= 11 is 3.58. The molecule has 116 valence electrons. The molecule has 5 heteroatoms. The number of nitrogens with zero attached hydrogens (tertiary/aromatic N) is 2. The summed E-state index contributed by atoms with van der Waals surface area (Å²) in [5, 5.41) is 2.00. The molecule has 3 rings (SSSR count). The number of thioether (sulfide) groups is 1. The lowest BCUT2D eigenvalue weighted by Gasteiger charge is -2.35. The van der Waals surface area contributed by atoms with Gasteiger partial charge in [-0.3, -0.25) is 4.79 Å². The number of thiophene rings is 1. The van der Waals surface area contributed by atoms with Crippen LogP contribution >= 0.6 is 23.1 Å². The van der Waals surface area contributed by atoms with Crippen LogP contribution in [-0.2, 0) is 0 Å².